The maximum Gasteiger partial charge on any atom is 0.185 e. The Balaban J connectivity index is 2.47. The van der Waals surface area contributed by atoms with Crippen LogP contribution in [0.25, 0.3) is 0 Å². The Morgan fingerprint density at radius 1 is 1.47 bits per heavy atom. The lowest BCUT2D eigenvalue weighted by atomic mass is 9.88. The number of aliphatic hydroxyl groups excluding tert-OH is 1. The van der Waals surface area contributed by atoms with E-state index in [0.717, 1.165) is 0 Å². The summed E-state index contributed by atoms with van der Waals surface area (Å²) in [6.45, 7) is 0. The van der Waals surface area contributed by atoms with Gasteiger partial charge in [-0.3, -0.25) is 4.79 Å². The molecule has 1 aromatic rings. The van der Waals surface area contributed by atoms with E-state index in [-0.39, 0.29) is 5.78 Å². The van der Waals surface area contributed by atoms with Crippen LogP contribution in [0.3, 0.4) is 0 Å². The minimum absolute atomic E-state index is 0.337. The molecule has 0 unspecified atom stereocenters. The van der Waals surface area contributed by atoms with Gasteiger partial charge >= 0.3 is 0 Å². The van der Waals surface area contributed by atoms with Gasteiger partial charge in [0.05, 0.1) is 0 Å². The summed E-state index contributed by atoms with van der Waals surface area (Å²) in [5, 5.41) is 9.89. The first-order chi connectivity index (χ1) is 7.05. The van der Waals surface area contributed by atoms with Crippen molar-refractivity contribution in [1.29, 1.82) is 0 Å². The molecule has 3 nitrogen and oxygen atoms in total. The summed E-state index contributed by atoms with van der Waals surface area (Å²) in [5.41, 5.74) is 5.51. The summed E-state index contributed by atoms with van der Waals surface area (Å²) >= 11 is 5.99. The Morgan fingerprint density at radius 3 is 2.67 bits per heavy atom. The van der Waals surface area contributed by atoms with Gasteiger partial charge in [-0.1, -0.05) is 29.8 Å². The molecule has 0 heterocycles. The Bertz CT molecular complexity index is 407. The molecule has 0 bridgehead atoms. The highest BCUT2D eigenvalue weighted by Gasteiger charge is 2.46. The highest BCUT2D eigenvalue weighted by molar-refractivity contribution is 6.31. The molecular weight excluding hydrogens is 214 g/mol. The number of nitrogens with two attached hydrogens (primary N) is 1. The number of hydrogen-bond donors (Lipinski definition) is 2. The predicted octanol–water partition coefficient (Wildman–Crippen LogP) is 1.22. The van der Waals surface area contributed by atoms with Crippen molar-refractivity contribution >= 4 is 17.4 Å². The van der Waals surface area contributed by atoms with Gasteiger partial charge in [0.1, 0.15) is 11.6 Å². The molecule has 1 fully saturated rings. The summed E-state index contributed by atoms with van der Waals surface area (Å²) in [6, 6.07) is 7.00. The van der Waals surface area contributed by atoms with Crippen LogP contribution in [-0.2, 0) is 10.3 Å². The third kappa shape index (κ3) is 1.57. The van der Waals surface area contributed by atoms with Crippen LogP contribution in [0, 0.1) is 0 Å². The normalized spacial score (nSPS) is 30.9. The lowest BCUT2D eigenvalue weighted by Gasteiger charge is -2.23. The zero-order chi connectivity index (χ0) is 11.1. The van der Waals surface area contributed by atoms with Crippen LogP contribution < -0.4 is 5.73 Å². The monoisotopic (exact) mass is 225 g/mol. The molecular formula is C11H12ClNO2. The van der Waals surface area contributed by atoms with Crippen molar-refractivity contribution in [3.63, 3.8) is 0 Å². The SMILES string of the molecule is N[C@]1(c2ccccc2Cl)CC[C@@H](O)C1=O. The molecule has 0 aromatic heterocycles. The van der Waals surface area contributed by atoms with E-state index in [1.807, 2.05) is 0 Å². The average Bonchev–Trinajstić information content (AvgIpc) is 2.48. The number of carbonyl (C=O) groups is 1. The van der Waals surface area contributed by atoms with Gasteiger partial charge < -0.3 is 10.8 Å². The van der Waals surface area contributed by atoms with E-state index in [1.165, 1.54) is 0 Å². The van der Waals surface area contributed by atoms with E-state index < -0.39 is 11.6 Å². The van der Waals surface area contributed by atoms with Crippen LogP contribution >= 0.6 is 11.6 Å². The fourth-order valence-corrected chi connectivity index (χ4v) is 2.31. The maximum atomic E-state index is 11.7. The van der Waals surface area contributed by atoms with Gasteiger partial charge in [-0.25, -0.2) is 0 Å². The number of benzene rings is 1. The summed E-state index contributed by atoms with van der Waals surface area (Å²) in [4.78, 5) is 11.7. The minimum atomic E-state index is -1.11. The Morgan fingerprint density at radius 2 is 2.13 bits per heavy atom. The first kappa shape index (κ1) is 10.6. The number of ketones is 1. The van der Waals surface area contributed by atoms with Gasteiger partial charge in [-0.15, -0.1) is 0 Å². The number of carbonyl (C=O) groups excluding carboxylic acids is 1. The van der Waals surface area contributed by atoms with Gasteiger partial charge in [0, 0.05) is 5.02 Å². The molecule has 0 saturated heterocycles. The third-order valence-corrected chi connectivity index (χ3v) is 3.24. The molecule has 1 aliphatic rings. The molecule has 0 amide bonds. The summed E-state index contributed by atoms with van der Waals surface area (Å²) in [5.74, 6) is -0.337. The third-order valence-electron chi connectivity index (χ3n) is 2.91. The molecule has 1 aromatic carbocycles. The molecule has 0 aliphatic heterocycles. The number of rotatable bonds is 1. The second kappa shape index (κ2) is 3.59. The average molecular weight is 226 g/mol. The standard InChI is InChI=1S/C11H12ClNO2/c12-8-4-2-1-3-7(8)11(13)6-5-9(14)10(11)15/h1-4,9,14H,5-6,13H2/t9-,11+/m1/s1. The van der Waals surface area contributed by atoms with Crippen molar-refractivity contribution in [1.82, 2.24) is 0 Å². The van der Waals surface area contributed by atoms with E-state index in [4.69, 9.17) is 17.3 Å². The van der Waals surface area contributed by atoms with Crippen molar-refractivity contribution in [3.8, 4) is 0 Å². The summed E-state index contributed by atoms with van der Waals surface area (Å²) < 4.78 is 0. The van der Waals surface area contributed by atoms with Crippen LogP contribution in [0.5, 0.6) is 0 Å². The van der Waals surface area contributed by atoms with E-state index in [0.29, 0.717) is 23.4 Å². The van der Waals surface area contributed by atoms with Crippen molar-refractivity contribution in [2.24, 2.45) is 5.73 Å². The first-order valence-electron chi connectivity index (χ1n) is 4.82. The largest absolute Gasteiger partial charge is 0.385 e. The molecule has 15 heavy (non-hydrogen) atoms. The second-order valence-electron chi connectivity index (χ2n) is 3.87. The topological polar surface area (TPSA) is 63.3 Å². The Labute approximate surface area is 92.8 Å². The van der Waals surface area contributed by atoms with Gasteiger partial charge in [0.25, 0.3) is 0 Å². The van der Waals surface area contributed by atoms with Gasteiger partial charge in [-0.2, -0.15) is 0 Å². The highest BCUT2D eigenvalue weighted by Crippen LogP contribution is 2.36. The maximum absolute atomic E-state index is 11.7. The Kier molecular flexibility index (Phi) is 2.54. The molecule has 2 rings (SSSR count). The van der Waals surface area contributed by atoms with E-state index >= 15 is 0 Å². The molecule has 0 spiro atoms. The van der Waals surface area contributed by atoms with Crippen molar-refractivity contribution in [3.05, 3.63) is 34.9 Å². The molecule has 2 atom stereocenters. The molecule has 0 radical (unpaired) electrons. The van der Waals surface area contributed by atoms with Crippen LogP contribution in [-0.4, -0.2) is 17.0 Å². The fraction of sp³-hybridized carbons (Fsp3) is 0.364. The zero-order valence-corrected chi connectivity index (χ0v) is 8.87. The molecule has 80 valence electrons. The predicted molar refractivity (Wildman–Crippen MR) is 57.6 cm³/mol. The zero-order valence-electron chi connectivity index (χ0n) is 8.11. The number of hydrogen-bond acceptors (Lipinski definition) is 3. The van der Waals surface area contributed by atoms with Crippen LogP contribution in [0.2, 0.25) is 5.02 Å². The Hall–Kier alpha value is -0.900. The summed E-state index contributed by atoms with van der Waals surface area (Å²) in [7, 11) is 0. The van der Waals surface area contributed by atoms with E-state index in [9.17, 15) is 9.90 Å². The molecule has 4 heteroatoms. The van der Waals surface area contributed by atoms with Crippen LogP contribution in [0.15, 0.2) is 24.3 Å². The van der Waals surface area contributed by atoms with Gasteiger partial charge in [0.15, 0.2) is 5.78 Å². The van der Waals surface area contributed by atoms with Crippen molar-refractivity contribution < 1.29 is 9.90 Å². The van der Waals surface area contributed by atoms with Gasteiger partial charge in [-0.05, 0) is 24.5 Å². The van der Waals surface area contributed by atoms with Crippen LogP contribution in [0.1, 0.15) is 18.4 Å². The number of halogens is 1. The first-order valence-corrected chi connectivity index (χ1v) is 5.20. The fourth-order valence-electron chi connectivity index (χ4n) is 2.01. The highest BCUT2D eigenvalue weighted by atomic mass is 35.5. The second-order valence-corrected chi connectivity index (χ2v) is 4.28. The number of Topliss-reactive ketones (excluding diaryl/α,β-unsaturated/α-hetero) is 1. The van der Waals surface area contributed by atoms with Crippen LogP contribution in [0.4, 0.5) is 0 Å². The van der Waals surface area contributed by atoms with Gasteiger partial charge in [0.2, 0.25) is 0 Å². The number of aliphatic hydroxyl groups is 1. The lowest BCUT2D eigenvalue weighted by molar-refractivity contribution is -0.128. The quantitative estimate of drug-likeness (QED) is 0.756. The van der Waals surface area contributed by atoms with Crippen molar-refractivity contribution in [2.45, 2.75) is 24.5 Å². The smallest absolute Gasteiger partial charge is 0.185 e. The molecule has 1 saturated carbocycles. The lowest BCUT2D eigenvalue weighted by Crippen LogP contribution is -2.43. The van der Waals surface area contributed by atoms with E-state index in [2.05, 4.69) is 0 Å². The van der Waals surface area contributed by atoms with E-state index in [1.54, 1.807) is 24.3 Å². The molecule has 1 aliphatic carbocycles. The molecule has 3 N–H and O–H groups in total. The minimum Gasteiger partial charge on any atom is -0.385 e. The summed E-state index contributed by atoms with van der Waals surface area (Å²) in [6.07, 6.45) is -0.108. The van der Waals surface area contributed by atoms with Crippen molar-refractivity contribution in [2.75, 3.05) is 0 Å².